The number of aryl methyl sites for hydroxylation is 2. The van der Waals surface area contributed by atoms with Gasteiger partial charge in [-0.2, -0.15) is 9.97 Å². The monoisotopic (exact) mass is 269 g/mol. The minimum absolute atomic E-state index is 0.200. The van der Waals surface area contributed by atoms with Crippen LogP contribution in [0.4, 0.5) is 11.8 Å². The molecule has 0 aromatic carbocycles. The standard InChI is InChI=1S/C13H15N7/c1-7-3-8(2)15-4-9(7)5-16-11-10-12(18-6-17-10)20-13(14)19-11/h3-4,6H,5H2,1-2H3,(H4,14,16,17,18,19,20). The van der Waals surface area contributed by atoms with E-state index in [0.717, 1.165) is 16.8 Å². The van der Waals surface area contributed by atoms with Crippen molar-refractivity contribution in [2.45, 2.75) is 20.4 Å². The first-order chi connectivity index (χ1) is 9.63. The number of nitrogen functional groups attached to an aromatic ring is 1. The number of fused-ring (bicyclic) bond motifs is 1. The molecule has 4 N–H and O–H groups in total. The Morgan fingerprint density at radius 2 is 2.10 bits per heavy atom. The highest BCUT2D eigenvalue weighted by Gasteiger charge is 2.08. The van der Waals surface area contributed by atoms with E-state index in [1.807, 2.05) is 13.1 Å². The molecule has 3 heterocycles. The van der Waals surface area contributed by atoms with E-state index >= 15 is 0 Å². The van der Waals surface area contributed by atoms with Gasteiger partial charge in [0.25, 0.3) is 0 Å². The molecule has 102 valence electrons. The average Bonchev–Trinajstić information content (AvgIpc) is 2.85. The van der Waals surface area contributed by atoms with Crippen LogP contribution in [0.2, 0.25) is 0 Å². The zero-order valence-electron chi connectivity index (χ0n) is 11.3. The molecule has 0 amide bonds. The fourth-order valence-corrected chi connectivity index (χ4v) is 2.07. The molecule has 3 aromatic heterocycles. The van der Waals surface area contributed by atoms with Gasteiger partial charge in [0.1, 0.15) is 5.52 Å². The molecule has 0 spiro atoms. The highest BCUT2D eigenvalue weighted by molar-refractivity contribution is 5.83. The summed E-state index contributed by atoms with van der Waals surface area (Å²) in [5.74, 6) is 0.843. The lowest BCUT2D eigenvalue weighted by Crippen LogP contribution is -2.07. The fraction of sp³-hybridized carbons (Fsp3) is 0.231. The molecule has 0 atom stereocenters. The summed E-state index contributed by atoms with van der Waals surface area (Å²) in [7, 11) is 0. The third-order valence-corrected chi connectivity index (χ3v) is 3.11. The van der Waals surface area contributed by atoms with Gasteiger partial charge in [-0.1, -0.05) is 0 Å². The van der Waals surface area contributed by atoms with Crippen molar-refractivity contribution in [3.63, 3.8) is 0 Å². The molecule has 7 nitrogen and oxygen atoms in total. The van der Waals surface area contributed by atoms with Crippen LogP contribution >= 0.6 is 0 Å². The topological polar surface area (TPSA) is 105 Å². The minimum atomic E-state index is 0.200. The first-order valence-electron chi connectivity index (χ1n) is 6.26. The van der Waals surface area contributed by atoms with Crippen LogP contribution in [0, 0.1) is 13.8 Å². The molecule has 20 heavy (non-hydrogen) atoms. The lowest BCUT2D eigenvalue weighted by molar-refractivity contribution is 1.04. The normalized spacial score (nSPS) is 10.9. The largest absolute Gasteiger partial charge is 0.368 e. The molecule has 7 heteroatoms. The summed E-state index contributed by atoms with van der Waals surface area (Å²) in [5, 5.41) is 3.25. The maximum atomic E-state index is 5.67. The first-order valence-corrected chi connectivity index (χ1v) is 6.26. The molecule has 0 aliphatic rings. The van der Waals surface area contributed by atoms with Crippen LogP contribution in [-0.2, 0) is 6.54 Å². The number of aromatic nitrogens is 5. The summed E-state index contributed by atoms with van der Waals surface area (Å²) in [6.07, 6.45) is 3.44. The molecule has 3 aromatic rings. The van der Waals surface area contributed by atoms with Crippen LogP contribution in [0.1, 0.15) is 16.8 Å². The number of imidazole rings is 1. The maximum Gasteiger partial charge on any atom is 0.224 e. The van der Waals surface area contributed by atoms with Crippen LogP contribution in [0.15, 0.2) is 18.6 Å². The number of hydrogen-bond donors (Lipinski definition) is 3. The van der Waals surface area contributed by atoms with Gasteiger partial charge >= 0.3 is 0 Å². The van der Waals surface area contributed by atoms with Gasteiger partial charge in [-0.15, -0.1) is 0 Å². The van der Waals surface area contributed by atoms with E-state index in [1.54, 1.807) is 6.33 Å². The van der Waals surface area contributed by atoms with Crippen LogP contribution in [0.5, 0.6) is 0 Å². The molecular weight excluding hydrogens is 254 g/mol. The smallest absolute Gasteiger partial charge is 0.224 e. The molecule has 0 saturated heterocycles. The van der Waals surface area contributed by atoms with E-state index in [4.69, 9.17) is 5.73 Å². The predicted molar refractivity (Wildman–Crippen MR) is 77.1 cm³/mol. The van der Waals surface area contributed by atoms with Gasteiger partial charge in [-0.05, 0) is 31.0 Å². The van der Waals surface area contributed by atoms with Crippen molar-refractivity contribution in [2.75, 3.05) is 11.1 Å². The Hall–Kier alpha value is -2.70. The number of pyridine rings is 1. The summed E-state index contributed by atoms with van der Waals surface area (Å²) in [6, 6.07) is 2.05. The number of hydrogen-bond acceptors (Lipinski definition) is 6. The zero-order valence-corrected chi connectivity index (χ0v) is 11.3. The van der Waals surface area contributed by atoms with Gasteiger partial charge in [0.05, 0.1) is 6.33 Å². The van der Waals surface area contributed by atoms with Gasteiger partial charge < -0.3 is 16.0 Å². The molecule has 0 radical (unpaired) electrons. The van der Waals surface area contributed by atoms with Crippen LogP contribution < -0.4 is 11.1 Å². The molecule has 3 rings (SSSR count). The van der Waals surface area contributed by atoms with Gasteiger partial charge in [0.2, 0.25) is 5.95 Å². The van der Waals surface area contributed by atoms with Crippen LogP contribution in [0.3, 0.4) is 0 Å². The molecule has 0 aliphatic heterocycles. The third-order valence-electron chi connectivity index (χ3n) is 3.11. The summed E-state index contributed by atoms with van der Waals surface area (Å²) >= 11 is 0. The Balaban J connectivity index is 1.88. The number of nitrogens with one attached hydrogen (secondary N) is 2. The number of H-pyrrole nitrogens is 1. The second-order valence-electron chi connectivity index (χ2n) is 4.64. The second kappa shape index (κ2) is 4.76. The van der Waals surface area contributed by atoms with Crippen molar-refractivity contribution in [1.82, 2.24) is 24.9 Å². The quantitative estimate of drug-likeness (QED) is 0.666. The third kappa shape index (κ3) is 2.25. The summed E-state index contributed by atoms with van der Waals surface area (Å²) in [5.41, 5.74) is 10.3. The molecular formula is C13H15N7. The summed E-state index contributed by atoms with van der Waals surface area (Å²) in [6.45, 7) is 4.65. The molecule has 0 unspecified atom stereocenters. The second-order valence-corrected chi connectivity index (χ2v) is 4.64. The van der Waals surface area contributed by atoms with Crippen molar-refractivity contribution in [3.8, 4) is 0 Å². The summed E-state index contributed by atoms with van der Waals surface area (Å²) in [4.78, 5) is 19.6. The number of rotatable bonds is 3. The van der Waals surface area contributed by atoms with E-state index in [2.05, 4.69) is 43.2 Å². The SMILES string of the molecule is Cc1cc(C)c(CNc2nc(N)nc3nc[nH]c23)cn1. The first kappa shape index (κ1) is 12.3. The van der Waals surface area contributed by atoms with Crippen molar-refractivity contribution in [1.29, 1.82) is 0 Å². The number of nitrogens with two attached hydrogens (primary N) is 1. The van der Waals surface area contributed by atoms with Crippen LogP contribution in [0.25, 0.3) is 11.2 Å². The Labute approximate surface area is 115 Å². The molecule has 0 saturated carbocycles. The lowest BCUT2D eigenvalue weighted by atomic mass is 10.1. The van der Waals surface area contributed by atoms with Gasteiger partial charge in [0, 0.05) is 18.4 Å². The van der Waals surface area contributed by atoms with Gasteiger partial charge in [0.15, 0.2) is 11.5 Å². The Morgan fingerprint density at radius 1 is 1.25 bits per heavy atom. The van der Waals surface area contributed by atoms with Gasteiger partial charge in [-0.25, -0.2) is 4.98 Å². The molecule has 0 bridgehead atoms. The van der Waals surface area contributed by atoms with Crippen molar-refractivity contribution >= 4 is 22.9 Å². The van der Waals surface area contributed by atoms with E-state index in [-0.39, 0.29) is 5.95 Å². The lowest BCUT2D eigenvalue weighted by Gasteiger charge is -2.09. The average molecular weight is 269 g/mol. The van der Waals surface area contributed by atoms with Crippen molar-refractivity contribution in [2.24, 2.45) is 0 Å². The highest BCUT2D eigenvalue weighted by Crippen LogP contribution is 2.18. The van der Waals surface area contributed by atoms with Crippen molar-refractivity contribution in [3.05, 3.63) is 35.4 Å². The molecule has 0 fully saturated rings. The van der Waals surface area contributed by atoms with Gasteiger partial charge in [-0.3, -0.25) is 4.98 Å². The van der Waals surface area contributed by atoms with E-state index in [1.165, 1.54) is 5.56 Å². The van der Waals surface area contributed by atoms with Crippen molar-refractivity contribution < 1.29 is 0 Å². The predicted octanol–water partition coefficient (Wildman–Crippen LogP) is 1.56. The number of aromatic amines is 1. The molecule has 0 aliphatic carbocycles. The maximum absolute atomic E-state index is 5.67. The Bertz CT molecular complexity index is 763. The number of nitrogens with zero attached hydrogens (tertiary/aromatic N) is 4. The van der Waals surface area contributed by atoms with E-state index in [9.17, 15) is 0 Å². The zero-order chi connectivity index (χ0) is 14.1. The minimum Gasteiger partial charge on any atom is -0.368 e. The van der Waals surface area contributed by atoms with Crippen LogP contribution in [-0.4, -0.2) is 24.9 Å². The summed E-state index contributed by atoms with van der Waals surface area (Å²) < 4.78 is 0. The fourth-order valence-electron chi connectivity index (χ4n) is 2.07. The Kier molecular flexibility index (Phi) is 2.94. The van der Waals surface area contributed by atoms with E-state index in [0.29, 0.717) is 18.0 Å². The Morgan fingerprint density at radius 3 is 2.90 bits per heavy atom. The van der Waals surface area contributed by atoms with E-state index < -0.39 is 0 Å². The highest BCUT2D eigenvalue weighted by atomic mass is 15.1. The number of anilines is 2.